The first-order chi connectivity index (χ1) is 16.0. The quantitative estimate of drug-likeness (QED) is 0.400. The molecule has 172 valence electrons. The summed E-state index contributed by atoms with van der Waals surface area (Å²) in [6, 6.07) is 21.1. The van der Waals surface area contributed by atoms with Crippen LogP contribution in [0.3, 0.4) is 0 Å². The second kappa shape index (κ2) is 10.8. The maximum absolute atomic E-state index is 11.2. The summed E-state index contributed by atoms with van der Waals surface area (Å²) in [5, 5.41) is 12.5. The molecule has 1 fully saturated rings. The van der Waals surface area contributed by atoms with E-state index in [1.54, 1.807) is 13.2 Å². The normalized spacial score (nSPS) is 17.5. The van der Waals surface area contributed by atoms with Crippen LogP contribution in [0.25, 0.3) is 11.1 Å². The standard InChI is InChI=1S/C25H24ClNO5S/c1-30-22-14-18(24-27-21(15-33-24)25(28)29)13-20(26)23(22)32-12-11-31-19-9-7-17(8-10-19)16-5-3-2-4-6-16/h2-10,13-14,21,24,27H,11-12,15H2,1H3,(H,28,29). The molecule has 1 saturated heterocycles. The Kier molecular flexibility index (Phi) is 7.65. The van der Waals surface area contributed by atoms with Gasteiger partial charge in [-0.3, -0.25) is 10.1 Å². The van der Waals surface area contributed by atoms with Crippen molar-refractivity contribution in [3.8, 4) is 28.4 Å². The number of methoxy groups -OCH3 is 1. The van der Waals surface area contributed by atoms with E-state index in [4.69, 9.17) is 25.8 Å². The molecule has 2 N–H and O–H groups in total. The molecule has 6 nitrogen and oxygen atoms in total. The van der Waals surface area contributed by atoms with Crippen LogP contribution < -0.4 is 19.5 Å². The summed E-state index contributed by atoms with van der Waals surface area (Å²) < 4.78 is 17.1. The van der Waals surface area contributed by atoms with Crippen LogP contribution >= 0.6 is 23.4 Å². The van der Waals surface area contributed by atoms with Crippen molar-refractivity contribution < 1.29 is 24.1 Å². The third kappa shape index (κ3) is 5.74. The van der Waals surface area contributed by atoms with Crippen molar-refractivity contribution in [2.75, 3.05) is 26.1 Å². The fourth-order valence-corrected chi connectivity index (χ4v) is 5.00. The minimum Gasteiger partial charge on any atom is -0.493 e. The van der Waals surface area contributed by atoms with E-state index in [9.17, 15) is 9.90 Å². The molecular weight excluding hydrogens is 462 g/mol. The lowest BCUT2D eigenvalue weighted by Crippen LogP contribution is -2.33. The third-order valence-corrected chi connectivity index (χ3v) is 6.74. The van der Waals surface area contributed by atoms with Gasteiger partial charge < -0.3 is 19.3 Å². The zero-order valence-corrected chi connectivity index (χ0v) is 19.6. The van der Waals surface area contributed by atoms with Crippen LogP contribution in [0.1, 0.15) is 10.9 Å². The van der Waals surface area contributed by atoms with Gasteiger partial charge >= 0.3 is 5.97 Å². The van der Waals surface area contributed by atoms with Gasteiger partial charge in [0.15, 0.2) is 11.5 Å². The first-order valence-corrected chi connectivity index (χ1v) is 11.9. The molecule has 0 amide bonds. The van der Waals surface area contributed by atoms with E-state index < -0.39 is 12.0 Å². The number of rotatable bonds is 9. The van der Waals surface area contributed by atoms with Crippen LogP contribution in [0.15, 0.2) is 66.7 Å². The highest BCUT2D eigenvalue weighted by atomic mass is 35.5. The summed E-state index contributed by atoms with van der Waals surface area (Å²) in [6.07, 6.45) is 0. The monoisotopic (exact) mass is 485 g/mol. The zero-order chi connectivity index (χ0) is 23.2. The maximum Gasteiger partial charge on any atom is 0.321 e. The first kappa shape index (κ1) is 23.3. The summed E-state index contributed by atoms with van der Waals surface area (Å²) >= 11 is 7.98. The fraction of sp³-hybridized carbons (Fsp3) is 0.240. The van der Waals surface area contributed by atoms with Crippen LogP contribution in [0.4, 0.5) is 0 Å². The van der Waals surface area contributed by atoms with Crippen LogP contribution in [0.2, 0.25) is 5.02 Å². The van der Waals surface area contributed by atoms with Gasteiger partial charge in [-0.2, -0.15) is 0 Å². The summed E-state index contributed by atoms with van der Waals surface area (Å²) in [5.74, 6) is 1.30. The van der Waals surface area contributed by atoms with Crippen molar-refractivity contribution in [2.45, 2.75) is 11.4 Å². The van der Waals surface area contributed by atoms with Crippen LogP contribution in [-0.2, 0) is 4.79 Å². The number of aliphatic carboxylic acids is 1. The maximum atomic E-state index is 11.2. The van der Waals surface area contributed by atoms with E-state index in [2.05, 4.69) is 17.4 Å². The van der Waals surface area contributed by atoms with Gasteiger partial charge in [0, 0.05) is 5.75 Å². The molecule has 0 aliphatic carbocycles. The number of ether oxygens (including phenoxy) is 3. The smallest absolute Gasteiger partial charge is 0.321 e. The number of halogens is 1. The summed E-state index contributed by atoms with van der Waals surface area (Å²) in [7, 11) is 1.54. The number of carboxylic acid groups (broad SMARTS) is 1. The molecule has 0 aromatic heterocycles. The Balaban J connectivity index is 1.33. The highest BCUT2D eigenvalue weighted by Crippen LogP contribution is 2.42. The molecule has 1 aliphatic rings. The largest absolute Gasteiger partial charge is 0.493 e. The molecule has 1 heterocycles. The molecule has 8 heteroatoms. The Bertz CT molecular complexity index is 1090. The van der Waals surface area contributed by atoms with Gasteiger partial charge in [-0.25, -0.2) is 0 Å². The van der Waals surface area contributed by atoms with E-state index in [0.29, 0.717) is 28.9 Å². The van der Waals surface area contributed by atoms with E-state index in [1.165, 1.54) is 11.8 Å². The number of thioether (sulfide) groups is 1. The number of hydrogen-bond acceptors (Lipinski definition) is 6. The van der Waals surface area contributed by atoms with Gasteiger partial charge in [0.25, 0.3) is 0 Å². The van der Waals surface area contributed by atoms with Crippen molar-refractivity contribution in [3.05, 3.63) is 77.3 Å². The summed E-state index contributed by atoms with van der Waals surface area (Å²) in [4.78, 5) is 11.2. The lowest BCUT2D eigenvalue weighted by molar-refractivity contribution is -0.138. The SMILES string of the molecule is COc1cc(C2NC(C(=O)O)CS2)cc(Cl)c1OCCOc1ccc(-c2ccccc2)cc1. The Labute approximate surface area is 201 Å². The van der Waals surface area contributed by atoms with Crippen LogP contribution in [-0.4, -0.2) is 43.2 Å². The zero-order valence-electron chi connectivity index (χ0n) is 18.0. The molecule has 4 rings (SSSR count). The molecular formula is C25H24ClNO5S. The number of nitrogens with one attached hydrogen (secondary N) is 1. The lowest BCUT2D eigenvalue weighted by atomic mass is 10.1. The van der Waals surface area contributed by atoms with Crippen molar-refractivity contribution in [1.29, 1.82) is 0 Å². The number of carboxylic acids is 1. The van der Waals surface area contributed by atoms with Crippen molar-refractivity contribution in [3.63, 3.8) is 0 Å². The van der Waals surface area contributed by atoms with Crippen molar-refractivity contribution in [2.24, 2.45) is 0 Å². The second-order valence-corrected chi connectivity index (χ2v) is 8.94. The van der Waals surface area contributed by atoms with Gasteiger partial charge in [-0.1, -0.05) is 54.1 Å². The van der Waals surface area contributed by atoms with Crippen molar-refractivity contribution >= 4 is 29.3 Å². The lowest BCUT2D eigenvalue weighted by Gasteiger charge is -2.17. The number of hydrogen-bond donors (Lipinski definition) is 2. The van der Waals surface area contributed by atoms with E-state index in [-0.39, 0.29) is 12.0 Å². The van der Waals surface area contributed by atoms with Gasteiger partial charge in [0.05, 0.1) is 17.5 Å². The first-order valence-electron chi connectivity index (χ1n) is 10.4. The fourth-order valence-electron chi connectivity index (χ4n) is 3.52. The minimum atomic E-state index is -0.863. The van der Waals surface area contributed by atoms with Gasteiger partial charge in [-0.15, -0.1) is 11.8 Å². The Morgan fingerprint density at radius 2 is 1.76 bits per heavy atom. The average Bonchev–Trinajstić information content (AvgIpc) is 3.34. The molecule has 2 unspecified atom stereocenters. The Morgan fingerprint density at radius 1 is 1.06 bits per heavy atom. The number of benzene rings is 3. The minimum absolute atomic E-state index is 0.172. The van der Waals surface area contributed by atoms with Gasteiger partial charge in [0.1, 0.15) is 25.0 Å². The molecule has 0 bridgehead atoms. The highest BCUT2D eigenvalue weighted by Gasteiger charge is 2.31. The Morgan fingerprint density at radius 3 is 2.42 bits per heavy atom. The molecule has 0 spiro atoms. The predicted molar refractivity (Wildman–Crippen MR) is 131 cm³/mol. The van der Waals surface area contributed by atoms with E-state index >= 15 is 0 Å². The molecule has 3 aromatic carbocycles. The second-order valence-electron chi connectivity index (χ2n) is 7.39. The third-order valence-electron chi connectivity index (χ3n) is 5.19. The van der Waals surface area contributed by atoms with Crippen LogP contribution in [0, 0.1) is 0 Å². The Hall–Kier alpha value is -2.87. The molecule has 0 radical (unpaired) electrons. The molecule has 33 heavy (non-hydrogen) atoms. The molecule has 0 saturated carbocycles. The molecule has 1 aliphatic heterocycles. The van der Waals surface area contributed by atoms with Gasteiger partial charge in [0.2, 0.25) is 0 Å². The highest BCUT2D eigenvalue weighted by molar-refractivity contribution is 7.99. The molecule has 2 atom stereocenters. The van der Waals surface area contributed by atoms with Gasteiger partial charge in [-0.05, 0) is 41.0 Å². The topological polar surface area (TPSA) is 77.0 Å². The summed E-state index contributed by atoms with van der Waals surface area (Å²) in [5.41, 5.74) is 3.12. The molecule has 3 aromatic rings. The van der Waals surface area contributed by atoms with Crippen molar-refractivity contribution in [1.82, 2.24) is 5.32 Å². The predicted octanol–water partition coefficient (Wildman–Crippen LogP) is 5.26. The van der Waals surface area contributed by atoms with E-state index in [1.807, 2.05) is 48.5 Å². The summed E-state index contributed by atoms with van der Waals surface area (Å²) in [6.45, 7) is 0.625. The number of carbonyl (C=O) groups is 1. The average molecular weight is 486 g/mol. The van der Waals surface area contributed by atoms with Crippen LogP contribution in [0.5, 0.6) is 17.2 Å². The van der Waals surface area contributed by atoms with E-state index in [0.717, 1.165) is 22.4 Å².